The molecule has 0 saturated carbocycles. The minimum atomic E-state index is -0.628. The number of fused-ring (bicyclic) bond motifs is 1. The summed E-state index contributed by atoms with van der Waals surface area (Å²) in [6.45, 7) is 3.68. The fraction of sp³-hybridized carbons (Fsp3) is 0.222. The van der Waals surface area contributed by atoms with Crippen molar-refractivity contribution in [1.29, 1.82) is 0 Å². The number of halogens is 2. The highest BCUT2D eigenvalue weighted by Gasteiger charge is 2.21. The van der Waals surface area contributed by atoms with Gasteiger partial charge in [0.1, 0.15) is 5.76 Å². The second kappa shape index (κ2) is 7.04. The average Bonchev–Trinajstić information content (AvgIpc) is 2.91. The van der Waals surface area contributed by atoms with E-state index in [2.05, 4.69) is 10.3 Å². The van der Waals surface area contributed by atoms with E-state index >= 15 is 0 Å². The molecule has 1 amide bonds. The molecule has 2 N–H and O–H groups in total. The fourth-order valence-corrected chi connectivity index (χ4v) is 3.32. The highest BCUT2D eigenvalue weighted by Crippen LogP contribution is 2.36. The smallest absolute Gasteiger partial charge is 0.258 e. The van der Waals surface area contributed by atoms with Gasteiger partial charge in [0, 0.05) is 23.3 Å². The summed E-state index contributed by atoms with van der Waals surface area (Å²) in [5.41, 5.74) is 1.85. The zero-order valence-electron chi connectivity index (χ0n) is 13.6. The second-order valence-electron chi connectivity index (χ2n) is 5.61. The number of para-hydroxylation sites is 1. The van der Waals surface area contributed by atoms with E-state index < -0.39 is 12.0 Å². The third-order valence-electron chi connectivity index (χ3n) is 3.99. The number of anilines is 1. The number of aromatic nitrogens is 1. The first-order chi connectivity index (χ1) is 11.9. The number of benzene rings is 1. The molecule has 3 aromatic rings. The SMILES string of the molecule is CCC(O)c1c(C)oc2c(NC(=O)c3c(Cl)cncc3Cl)cccc12. The standard InChI is InChI=1S/C18H16Cl2N2O3/c1-3-14(23)15-9(2)25-17-10(15)5-4-6-13(17)22-18(24)16-11(19)7-21-8-12(16)20/h4-8,14,23H,3H2,1-2H3,(H,22,24). The number of hydrogen-bond donors (Lipinski definition) is 2. The van der Waals surface area contributed by atoms with Crippen molar-refractivity contribution in [2.24, 2.45) is 0 Å². The Hall–Kier alpha value is -2.08. The van der Waals surface area contributed by atoms with Gasteiger partial charge in [0.2, 0.25) is 0 Å². The number of aryl methyl sites for hydroxylation is 1. The van der Waals surface area contributed by atoms with Crippen LogP contribution < -0.4 is 5.32 Å². The van der Waals surface area contributed by atoms with Gasteiger partial charge in [0.05, 0.1) is 27.4 Å². The highest BCUT2D eigenvalue weighted by atomic mass is 35.5. The van der Waals surface area contributed by atoms with Gasteiger partial charge in [-0.05, 0) is 19.4 Å². The van der Waals surface area contributed by atoms with E-state index in [9.17, 15) is 9.90 Å². The lowest BCUT2D eigenvalue weighted by atomic mass is 10.0. The summed E-state index contributed by atoms with van der Waals surface area (Å²) in [6.07, 6.45) is 2.65. The number of amides is 1. The molecule has 0 saturated heterocycles. The molecule has 0 bridgehead atoms. The van der Waals surface area contributed by atoms with E-state index in [0.29, 0.717) is 23.5 Å². The Kier molecular flexibility index (Phi) is 4.99. The molecule has 0 fully saturated rings. The maximum absolute atomic E-state index is 12.6. The van der Waals surface area contributed by atoms with Gasteiger partial charge in [-0.15, -0.1) is 0 Å². The van der Waals surface area contributed by atoms with Crippen LogP contribution in [-0.2, 0) is 0 Å². The Bertz CT molecular complexity index is 933. The molecule has 1 atom stereocenters. The molecule has 0 aliphatic heterocycles. The second-order valence-corrected chi connectivity index (χ2v) is 6.42. The predicted molar refractivity (Wildman–Crippen MR) is 98.4 cm³/mol. The number of carbonyl (C=O) groups excluding carboxylic acids is 1. The number of rotatable bonds is 4. The lowest BCUT2D eigenvalue weighted by molar-refractivity contribution is 0.102. The first-order valence-corrected chi connectivity index (χ1v) is 8.50. The zero-order valence-corrected chi connectivity index (χ0v) is 15.1. The number of carbonyl (C=O) groups is 1. The molecule has 3 rings (SSSR count). The normalized spacial score (nSPS) is 12.4. The average molecular weight is 379 g/mol. The minimum absolute atomic E-state index is 0.146. The zero-order chi connectivity index (χ0) is 18.1. The van der Waals surface area contributed by atoms with E-state index in [-0.39, 0.29) is 15.6 Å². The van der Waals surface area contributed by atoms with E-state index in [1.54, 1.807) is 19.1 Å². The van der Waals surface area contributed by atoms with E-state index in [1.807, 2.05) is 13.0 Å². The molecule has 2 heterocycles. The van der Waals surface area contributed by atoms with Crippen LogP contribution in [0.15, 0.2) is 35.0 Å². The molecule has 0 aliphatic carbocycles. The van der Waals surface area contributed by atoms with Crippen molar-refractivity contribution in [2.45, 2.75) is 26.4 Å². The Labute approximate surface area is 154 Å². The minimum Gasteiger partial charge on any atom is -0.459 e. The van der Waals surface area contributed by atoms with Gasteiger partial charge in [-0.25, -0.2) is 0 Å². The molecular formula is C18H16Cl2N2O3. The maximum Gasteiger partial charge on any atom is 0.258 e. The lowest BCUT2D eigenvalue weighted by Gasteiger charge is -2.09. The molecule has 0 radical (unpaired) electrons. The van der Waals surface area contributed by atoms with Crippen LogP contribution in [0.3, 0.4) is 0 Å². The van der Waals surface area contributed by atoms with Crippen LogP contribution in [0, 0.1) is 6.92 Å². The van der Waals surface area contributed by atoms with Gasteiger partial charge in [-0.2, -0.15) is 0 Å². The van der Waals surface area contributed by atoms with Crippen molar-refractivity contribution in [1.82, 2.24) is 4.98 Å². The van der Waals surface area contributed by atoms with Crippen LogP contribution in [0.2, 0.25) is 10.0 Å². The number of aliphatic hydroxyl groups excluding tert-OH is 1. The molecule has 5 nitrogen and oxygen atoms in total. The summed E-state index contributed by atoms with van der Waals surface area (Å²) in [6, 6.07) is 5.35. The Morgan fingerprint density at radius 1 is 1.32 bits per heavy atom. The highest BCUT2D eigenvalue weighted by molar-refractivity contribution is 6.40. The topological polar surface area (TPSA) is 75.4 Å². The molecule has 7 heteroatoms. The van der Waals surface area contributed by atoms with Gasteiger partial charge in [0.25, 0.3) is 5.91 Å². The Morgan fingerprint density at radius 2 is 2.00 bits per heavy atom. The molecular weight excluding hydrogens is 363 g/mol. The molecule has 0 aliphatic rings. The molecule has 2 aromatic heterocycles. The monoisotopic (exact) mass is 378 g/mol. The molecule has 25 heavy (non-hydrogen) atoms. The van der Waals surface area contributed by atoms with Crippen LogP contribution >= 0.6 is 23.2 Å². The summed E-state index contributed by atoms with van der Waals surface area (Å²) in [5.74, 6) is 0.155. The number of nitrogens with one attached hydrogen (secondary N) is 1. The molecule has 1 aromatic carbocycles. The van der Waals surface area contributed by atoms with Gasteiger partial charge in [-0.3, -0.25) is 9.78 Å². The largest absolute Gasteiger partial charge is 0.459 e. The Morgan fingerprint density at radius 3 is 2.64 bits per heavy atom. The van der Waals surface area contributed by atoms with Crippen molar-refractivity contribution in [3.05, 3.63) is 57.5 Å². The van der Waals surface area contributed by atoms with Crippen LogP contribution in [0.4, 0.5) is 5.69 Å². The number of furan rings is 1. The molecule has 0 spiro atoms. The Balaban J connectivity index is 2.04. The summed E-state index contributed by atoms with van der Waals surface area (Å²) in [5, 5.41) is 14.1. The van der Waals surface area contributed by atoms with Crippen molar-refractivity contribution < 1.29 is 14.3 Å². The first-order valence-electron chi connectivity index (χ1n) is 7.74. The van der Waals surface area contributed by atoms with Crippen LogP contribution in [0.25, 0.3) is 11.0 Å². The van der Waals surface area contributed by atoms with E-state index in [1.165, 1.54) is 12.4 Å². The number of nitrogens with zero attached hydrogens (tertiary/aromatic N) is 1. The van der Waals surface area contributed by atoms with Crippen molar-refractivity contribution in [3.8, 4) is 0 Å². The summed E-state index contributed by atoms with van der Waals surface area (Å²) >= 11 is 12.1. The number of hydrogen-bond acceptors (Lipinski definition) is 4. The number of aliphatic hydroxyl groups is 1. The van der Waals surface area contributed by atoms with Crippen molar-refractivity contribution >= 4 is 45.8 Å². The van der Waals surface area contributed by atoms with Gasteiger partial charge < -0.3 is 14.8 Å². The third kappa shape index (κ3) is 3.23. The molecule has 130 valence electrons. The number of pyridine rings is 1. The van der Waals surface area contributed by atoms with Gasteiger partial charge >= 0.3 is 0 Å². The maximum atomic E-state index is 12.6. The predicted octanol–water partition coefficient (Wildman–Crippen LogP) is 5.14. The summed E-state index contributed by atoms with van der Waals surface area (Å²) < 4.78 is 5.80. The molecule has 1 unspecified atom stereocenters. The summed E-state index contributed by atoms with van der Waals surface area (Å²) in [4.78, 5) is 16.4. The van der Waals surface area contributed by atoms with Gasteiger partial charge in [-0.1, -0.05) is 42.3 Å². The van der Waals surface area contributed by atoms with Crippen LogP contribution in [-0.4, -0.2) is 16.0 Å². The van der Waals surface area contributed by atoms with E-state index in [0.717, 1.165) is 10.9 Å². The lowest BCUT2D eigenvalue weighted by Crippen LogP contribution is -2.13. The van der Waals surface area contributed by atoms with Crippen LogP contribution in [0.1, 0.15) is 41.1 Å². The van der Waals surface area contributed by atoms with Crippen molar-refractivity contribution in [3.63, 3.8) is 0 Å². The fourth-order valence-electron chi connectivity index (χ4n) is 2.79. The van der Waals surface area contributed by atoms with Crippen molar-refractivity contribution in [2.75, 3.05) is 5.32 Å². The van der Waals surface area contributed by atoms with Crippen LogP contribution in [0.5, 0.6) is 0 Å². The van der Waals surface area contributed by atoms with Gasteiger partial charge in [0.15, 0.2) is 5.58 Å². The third-order valence-corrected chi connectivity index (χ3v) is 4.56. The first kappa shape index (κ1) is 17.7. The quantitative estimate of drug-likeness (QED) is 0.658. The summed E-state index contributed by atoms with van der Waals surface area (Å²) in [7, 11) is 0. The van der Waals surface area contributed by atoms with E-state index in [4.69, 9.17) is 27.6 Å².